The van der Waals surface area contributed by atoms with E-state index in [9.17, 15) is 14.0 Å². The molecule has 2 saturated heterocycles. The summed E-state index contributed by atoms with van der Waals surface area (Å²) in [6, 6.07) is 4.25. The van der Waals surface area contributed by atoms with Gasteiger partial charge in [-0.3, -0.25) is 9.69 Å². The van der Waals surface area contributed by atoms with Crippen LogP contribution in [0.2, 0.25) is 0 Å². The number of likely N-dealkylation sites (tertiary alicyclic amines) is 1. The molecule has 0 bridgehead atoms. The Balaban J connectivity index is 1.45. The molecule has 2 aliphatic heterocycles. The summed E-state index contributed by atoms with van der Waals surface area (Å²) in [5.74, 6) is 0.573. The van der Waals surface area contributed by atoms with Gasteiger partial charge in [0.15, 0.2) is 5.82 Å². The van der Waals surface area contributed by atoms with E-state index in [1.165, 1.54) is 29.4 Å². The fraction of sp³-hybridized carbons (Fsp3) is 0.633. The number of amides is 2. The summed E-state index contributed by atoms with van der Waals surface area (Å²) in [6.45, 7) is 14.7. The molecule has 1 aromatic heterocycles. The van der Waals surface area contributed by atoms with Gasteiger partial charge in [0.05, 0.1) is 5.56 Å². The number of hydrogen-bond acceptors (Lipinski definition) is 8. The van der Waals surface area contributed by atoms with E-state index in [4.69, 9.17) is 9.84 Å². The van der Waals surface area contributed by atoms with E-state index in [0.717, 1.165) is 45.4 Å². The average Bonchev–Trinajstić information content (AvgIpc) is 3.37. The Bertz CT molecular complexity index is 1250. The fourth-order valence-electron chi connectivity index (χ4n) is 6.30. The molecule has 12 heteroatoms. The maximum Gasteiger partial charge on any atom is 0.407 e. The summed E-state index contributed by atoms with van der Waals surface area (Å²) >= 11 is 0. The zero-order chi connectivity index (χ0) is 30.6. The van der Waals surface area contributed by atoms with Crippen molar-refractivity contribution in [1.82, 2.24) is 29.9 Å². The lowest BCUT2D eigenvalue weighted by Crippen LogP contribution is -2.62. The third-order valence-corrected chi connectivity index (χ3v) is 8.55. The molecule has 2 aromatic rings. The molecule has 2 amide bonds. The van der Waals surface area contributed by atoms with Gasteiger partial charge < -0.3 is 24.5 Å². The van der Waals surface area contributed by atoms with E-state index in [-0.39, 0.29) is 34.6 Å². The van der Waals surface area contributed by atoms with Crippen LogP contribution in [-0.4, -0.2) is 105 Å². The molecule has 0 saturated carbocycles. The first-order valence-corrected chi connectivity index (χ1v) is 14.8. The molecule has 4 rings (SSSR count). The molecule has 0 radical (unpaired) electrons. The number of rotatable bonds is 12. The zero-order valence-electron chi connectivity index (χ0n) is 25.6. The van der Waals surface area contributed by atoms with Crippen molar-refractivity contribution in [3.05, 3.63) is 35.9 Å². The van der Waals surface area contributed by atoms with E-state index < -0.39 is 11.9 Å². The van der Waals surface area contributed by atoms with Crippen LogP contribution in [0.15, 0.2) is 24.5 Å². The van der Waals surface area contributed by atoms with Crippen LogP contribution in [0, 0.1) is 17.2 Å². The van der Waals surface area contributed by atoms with Crippen LogP contribution in [0.25, 0.3) is 0 Å². The second-order valence-electron chi connectivity index (χ2n) is 12.3. The molecule has 42 heavy (non-hydrogen) atoms. The third-order valence-electron chi connectivity index (χ3n) is 8.55. The van der Waals surface area contributed by atoms with Crippen molar-refractivity contribution >= 4 is 17.8 Å². The summed E-state index contributed by atoms with van der Waals surface area (Å²) in [4.78, 5) is 36.6. The Morgan fingerprint density at radius 3 is 2.57 bits per heavy atom. The molecule has 3 heterocycles. The van der Waals surface area contributed by atoms with Crippen LogP contribution in [0.1, 0.15) is 64.2 Å². The quantitative estimate of drug-likeness (QED) is 0.382. The van der Waals surface area contributed by atoms with Gasteiger partial charge in [-0.1, -0.05) is 13.8 Å². The summed E-state index contributed by atoms with van der Waals surface area (Å²) in [5, 5.41) is 17.3. The first kappa shape index (κ1) is 31.4. The first-order chi connectivity index (χ1) is 19.9. The van der Waals surface area contributed by atoms with Crippen molar-refractivity contribution in [2.45, 2.75) is 66.0 Å². The van der Waals surface area contributed by atoms with Crippen LogP contribution < -0.4 is 9.64 Å². The normalized spacial score (nSPS) is 17.0. The molecule has 1 spiro atoms. The Morgan fingerprint density at radius 2 is 1.93 bits per heavy atom. The lowest BCUT2D eigenvalue weighted by Gasteiger charge is -2.53. The van der Waals surface area contributed by atoms with Crippen LogP contribution in [0.3, 0.4) is 0 Å². The number of ether oxygens (including phenoxy) is 1. The first-order valence-electron chi connectivity index (χ1n) is 14.8. The van der Waals surface area contributed by atoms with Gasteiger partial charge >= 0.3 is 6.09 Å². The lowest BCUT2D eigenvalue weighted by atomic mass is 9.76. The predicted octanol–water partition coefficient (Wildman–Crippen LogP) is 4.60. The van der Waals surface area contributed by atoms with Crippen molar-refractivity contribution in [2.75, 3.05) is 51.2 Å². The lowest BCUT2D eigenvalue weighted by molar-refractivity contribution is -0.0343. The molecule has 0 aliphatic carbocycles. The summed E-state index contributed by atoms with van der Waals surface area (Å²) in [5.41, 5.74) is 0.257. The van der Waals surface area contributed by atoms with Gasteiger partial charge in [0.2, 0.25) is 0 Å². The van der Waals surface area contributed by atoms with Crippen molar-refractivity contribution < 1.29 is 23.8 Å². The Morgan fingerprint density at radius 1 is 1.19 bits per heavy atom. The summed E-state index contributed by atoms with van der Waals surface area (Å²) < 4.78 is 20.4. The van der Waals surface area contributed by atoms with Crippen molar-refractivity contribution in [3.63, 3.8) is 0 Å². The van der Waals surface area contributed by atoms with E-state index >= 15 is 0 Å². The van der Waals surface area contributed by atoms with Gasteiger partial charge in [0, 0.05) is 63.8 Å². The predicted molar refractivity (Wildman–Crippen MR) is 157 cm³/mol. The number of hydrogen-bond donors (Lipinski definition) is 1. The Hall–Kier alpha value is -3.54. The van der Waals surface area contributed by atoms with E-state index in [1.807, 2.05) is 20.8 Å². The number of benzene rings is 1. The largest absolute Gasteiger partial charge is 0.465 e. The average molecular weight is 586 g/mol. The van der Waals surface area contributed by atoms with Crippen molar-refractivity contribution in [2.24, 2.45) is 11.3 Å². The van der Waals surface area contributed by atoms with Gasteiger partial charge in [-0.25, -0.2) is 14.2 Å². The number of carbonyl (C=O) groups is 2. The van der Waals surface area contributed by atoms with E-state index in [2.05, 4.69) is 38.8 Å². The topological polar surface area (TPSA) is 115 Å². The van der Waals surface area contributed by atoms with E-state index in [1.54, 1.807) is 11.9 Å². The molecule has 0 unspecified atom stereocenters. The number of carboxylic acid groups (broad SMARTS) is 1. The molecule has 230 valence electrons. The van der Waals surface area contributed by atoms with Gasteiger partial charge in [-0.2, -0.15) is 0 Å². The van der Waals surface area contributed by atoms with Crippen LogP contribution >= 0.6 is 0 Å². The number of aromatic nitrogens is 3. The molecular formula is C30H44FN7O4. The summed E-state index contributed by atoms with van der Waals surface area (Å²) in [7, 11) is 1.61. The minimum Gasteiger partial charge on any atom is -0.465 e. The van der Waals surface area contributed by atoms with Crippen molar-refractivity contribution in [1.29, 1.82) is 0 Å². The molecule has 1 aromatic carbocycles. The Labute approximate surface area is 247 Å². The number of nitrogens with zero attached hydrogens (tertiary/aromatic N) is 7. The van der Waals surface area contributed by atoms with E-state index in [0.29, 0.717) is 30.9 Å². The number of carbonyl (C=O) groups excluding carboxylic acids is 1. The maximum absolute atomic E-state index is 14.2. The highest BCUT2D eigenvalue weighted by Crippen LogP contribution is 2.44. The summed E-state index contributed by atoms with van der Waals surface area (Å²) in [6.07, 6.45) is 3.27. The standard InChI is InChI=1S/C30H44FN7O4/c1-7-38(21(4)5)28(39)23-15-22(31)10-11-25(23)42-27-26(32-19-33-34-27)36-14-12-30(16-36)17-37(18-30)24(20(2)3)9-8-13-35(6)29(40)41/h10-11,15,19-21,24H,7-9,12-14,16-18H2,1-6H3,(H,40,41)/t24-/m1/s1. The van der Waals surface area contributed by atoms with Gasteiger partial charge in [0.25, 0.3) is 11.8 Å². The molecule has 11 nitrogen and oxygen atoms in total. The monoisotopic (exact) mass is 585 g/mol. The maximum atomic E-state index is 14.2. The van der Waals surface area contributed by atoms with Crippen LogP contribution in [0.4, 0.5) is 15.0 Å². The number of halogens is 1. The SMILES string of the molecule is CCN(C(=O)c1cc(F)ccc1Oc1nncnc1N1CCC2(C1)CN([C@H](CCCN(C)C(=O)O)C(C)C)C2)C(C)C. The smallest absolute Gasteiger partial charge is 0.407 e. The molecule has 2 aliphatic rings. The molecule has 1 atom stereocenters. The van der Waals surface area contributed by atoms with Crippen LogP contribution in [0.5, 0.6) is 11.6 Å². The van der Waals surface area contributed by atoms with Gasteiger partial charge in [-0.05, 0) is 64.2 Å². The second-order valence-corrected chi connectivity index (χ2v) is 12.3. The second kappa shape index (κ2) is 13.2. The van der Waals surface area contributed by atoms with Crippen LogP contribution in [-0.2, 0) is 0 Å². The molecule has 2 fully saturated rings. The van der Waals surface area contributed by atoms with Gasteiger partial charge in [-0.15, -0.1) is 10.2 Å². The number of anilines is 1. The molecular weight excluding hydrogens is 541 g/mol. The highest BCUT2D eigenvalue weighted by molar-refractivity contribution is 5.97. The Kier molecular flexibility index (Phi) is 9.85. The minimum absolute atomic E-state index is 0.0587. The highest BCUT2D eigenvalue weighted by atomic mass is 19.1. The highest BCUT2D eigenvalue weighted by Gasteiger charge is 2.50. The van der Waals surface area contributed by atoms with Crippen molar-refractivity contribution in [3.8, 4) is 11.6 Å². The fourth-order valence-corrected chi connectivity index (χ4v) is 6.30. The minimum atomic E-state index is -0.895. The third kappa shape index (κ3) is 6.91. The molecule has 1 N–H and O–H groups in total. The zero-order valence-corrected chi connectivity index (χ0v) is 25.6. The van der Waals surface area contributed by atoms with Gasteiger partial charge in [0.1, 0.15) is 17.9 Å².